The number of rotatable bonds is 8. The lowest BCUT2D eigenvalue weighted by molar-refractivity contribution is 0.0956. The van der Waals surface area contributed by atoms with Crippen LogP contribution in [0.3, 0.4) is 0 Å². The number of para-hydroxylation sites is 1. The Morgan fingerprint density at radius 3 is 2.30 bits per heavy atom. The van der Waals surface area contributed by atoms with Gasteiger partial charge in [0, 0.05) is 10.0 Å². The van der Waals surface area contributed by atoms with Crippen molar-refractivity contribution >= 4 is 51.0 Å². The molecular weight excluding hydrogens is 529 g/mol. The molecule has 0 aliphatic rings. The van der Waals surface area contributed by atoms with Crippen molar-refractivity contribution in [3.8, 4) is 0 Å². The van der Waals surface area contributed by atoms with Crippen LogP contribution in [0, 0.1) is 6.92 Å². The number of aryl methyl sites for hydroxylation is 1. The van der Waals surface area contributed by atoms with Crippen LogP contribution >= 0.6 is 23.2 Å². The molecule has 4 rings (SSSR count). The largest absolute Gasteiger partial charge is 0.273 e. The van der Waals surface area contributed by atoms with Crippen LogP contribution < -0.4 is 9.73 Å². The molecule has 0 aliphatic heterocycles. The first-order valence-corrected chi connectivity index (χ1v) is 13.5. The number of carbonyl (C=O) groups is 1. The van der Waals surface area contributed by atoms with Crippen molar-refractivity contribution in [1.29, 1.82) is 0 Å². The maximum absolute atomic E-state index is 13.8. The van der Waals surface area contributed by atoms with E-state index in [9.17, 15) is 13.2 Å². The van der Waals surface area contributed by atoms with Crippen molar-refractivity contribution in [3.63, 3.8) is 0 Å². The van der Waals surface area contributed by atoms with E-state index in [1.807, 2.05) is 6.92 Å². The van der Waals surface area contributed by atoms with Crippen molar-refractivity contribution in [2.24, 2.45) is 5.10 Å². The lowest BCUT2D eigenvalue weighted by atomic mass is 10.1. The normalized spacial score (nSPS) is 11.4. The Hall–Kier alpha value is -3.65. The Bertz CT molecular complexity index is 1540. The molecule has 4 aromatic carbocycles. The van der Waals surface area contributed by atoms with E-state index in [4.69, 9.17) is 23.2 Å². The molecule has 4 aromatic rings. The van der Waals surface area contributed by atoms with Gasteiger partial charge in [0.1, 0.15) is 0 Å². The number of amides is 1. The summed E-state index contributed by atoms with van der Waals surface area (Å²) in [5, 5.41) is 5.09. The van der Waals surface area contributed by atoms with Crippen LogP contribution in [0.1, 0.15) is 27.0 Å². The van der Waals surface area contributed by atoms with Crippen LogP contribution in [-0.4, -0.2) is 20.5 Å². The number of hydrogen-bond acceptors (Lipinski definition) is 4. The van der Waals surface area contributed by atoms with E-state index in [0.717, 1.165) is 5.56 Å². The molecule has 0 radical (unpaired) electrons. The number of halogens is 2. The van der Waals surface area contributed by atoms with Crippen molar-refractivity contribution < 1.29 is 13.2 Å². The molecule has 0 saturated heterocycles. The predicted octanol–water partition coefficient (Wildman–Crippen LogP) is 6.46. The van der Waals surface area contributed by atoms with Gasteiger partial charge in [-0.2, -0.15) is 5.10 Å². The molecule has 188 valence electrons. The number of hydrogen-bond donors (Lipinski definition) is 1. The Kier molecular flexibility index (Phi) is 8.28. The summed E-state index contributed by atoms with van der Waals surface area (Å²) < 4.78 is 28.9. The molecular formula is C28H23Cl2N3O3S. The van der Waals surface area contributed by atoms with Gasteiger partial charge >= 0.3 is 0 Å². The summed E-state index contributed by atoms with van der Waals surface area (Å²) in [5.41, 5.74) is 5.18. The monoisotopic (exact) mass is 551 g/mol. The van der Waals surface area contributed by atoms with Gasteiger partial charge in [-0.3, -0.25) is 9.10 Å². The first-order valence-electron chi connectivity index (χ1n) is 11.3. The van der Waals surface area contributed by atoms with E-state index in [1.54, 1.807) is 97.1 Å². The second-order valence-corrected chi connectivity index (χ2v) is 11.0. The first kappa shape index (κ1) is 26.4. The lowest BCUT2D eigenvalue weighted by Crippen LogP contribution is -2.33. The van der Waals surface area contributed by atoms with Crippen molar-refractivity contribution in [1.82, 2.24) is 5.43 Å². The third kappa shape index (κ3) is 6.57. The van der Waals surface area contributed by atoms with E-state index in [-0.39, 0.29) is 22.7 Å². The van der Waals surface area contributed by atoms with E-state index in [0.29, 0.717) is 21.2 Å². The Labute approximate surface area is 226 Å². The molecule has 1 N–H and O–H groups in total. The quantitative estimate of drug-likeness (QED) is 0.201. The second kappa shape index (κ2) is 11.6. The Balaban J connectivity index is 1.71. The van der Waals surface area contributed by atoms with Crippen LogP contribution in [0.25, 0.3) is 0 Å². The fourth-order valence-electron chi connectivity index (χ4n) is 3.59. The summed E-state index contributed by atoms with van der Waals surface area (Å²) in [6, 6.07) is 26.9. The second-order valence-electron chi connectivity index (χ2n) is 8.22. The number of nitrogens with zero attached hydrogens (tertiary/aromatic N) is 2. The molecule has 37 heavy (non-hydrogen) atoms. The summed E-state index contributed by atoms with van der Waals surface area (Å²) in [6.07, 6.45) is 1.46. The molecule has 0 unspecified atom stereocenters. The summed E-state index contributed by atoms with van der Waals surface area (Å²) in [6.45, 7) is 1.87. The lowest BCUT2D eigenvalue weighted by Gasteiger charge is -2.26. The van der Waals surface area contributed by atoms with E-state index >= 15 is 0 Å². The predicted molar refractivity (Wildman–Crippen MR) is 149 cm³/mol. The van der Waals surface area contributed by atoms with Gasteiger partial charge < -0.3 is 0 Å². The van der Waals surface area contributed by atoms with Crippen molar-refractivity contribution in [2.75, 3.05) is 4.31 Å². The Morgan fingerprint density at radius 2 is 1.59 bits per heavy atom. The zero-order valence-corrected chi connectivity index (χ0v) is 22.1. The maximum Gasteiger partial charge on any atom is 0.273 e. The fourth-order valence-corrected chi connectivity index (χ4v) is 5.38. The van der Waals surface area contributed by atoms with Crippen LogP contribution in [0.2, 0.25) is 10.0 Å². The van der Waals surface area contributed by atoms with E-state index in [2.05, 4.69) is 10.5 Å². The minimum absolute atomic E-state index is 0.0105. The number of carbonyl (C=O) groups excluding carboxylic acids is 1. The molecule has 0 aliphatic carbocycles. The van der Waals surface area contributed by atoms with Crippen LogP contribution in [0.5, 0.6) is 0 Å². The highest BCUT2D eigenvalue weighted by Crippen LogP contribution is 2.30. The third-order valence-electron chi connectivity index (χ3n) is 5.49. The van der Waals surface area contributed by atoms with Gasteiger partial charge in [0.25, 0.3) is 15.9 Å². The number of nitrogens with one attached hydrogen (secondary N) is 1. The van der Waals surface area contributed by atoms with Gasteiger partial charge in [0.15, 0.2) is 0 Å². The highest BCUT2D eigenvalue weighted by Gasteiger charge is 2.28. The minimum atomic E-state index is -4.04. The van der Waals surface area contributed by atoms with Crippen molar-refractivity contribution in [3.05, 3.63) is 129 Å². The summed E-state index contributed by atoms with van der Waals surface area (Å²) in [5.74, 6) is -0.561. The topological polar surface area (TPSA) is 78.8 Å². The smallest absolute Gasteiger partial charge is 0.267 e. The van der Waals surface area contributed by atoms with Gasteiger partial charge in [-0.1, -0.05) is 77.3 Å². The number of anilines is 1. The van der Waals surface area contributed by atoms with Crippen LogP contribution in [-0.2, 0) is 16.6 Å². The molecule has 0 heterocycles. The standard InChI is InChI=1S/C28H23Cl2N3O3S/c1-20-9-15-25(16-10-20)37(35,36)33(19-21-11-13-23(29)14-12-21)27-8-3-2-7-26(27)28(34)32-31-18-22-5-4-6-24(30)17-22/h2-18H,19H2,1H3,(H,32,34)/b31-18-. The van der Waals surface area contributed by atoms with Crippen molar-refractivity contribution in [2.45, 2.75) is 18.4 Å². The van der Waals surface area contributed by atoms with E-state index < -0.39 is 15.9 Å². The third-order valence-corrected chi connectivity index (χ3v) is 7.76. The molecule has 0 atom stereocenters. The van der Waals surface area contributed by atoms with Gasteiger partial charge in [0.2, 0.25) is 0 Å². The van der Waals surface area contributed by atoms with Gasteiger partial charge in [-0.05, 0) is 66.6 Å². The zero-order valence-electron chi connectivity index (χ0n) is 19.8. The summed E-state index contributed by atoms with van der Waals surface area (Å²) >= 11 is 12.0. The van der Waals surface area contributed by atoms with Crippen LogP contribution in [0.4, 0.5) is 5.69 Å². The average molecular weight is 552 g/mol. The maximum atomic E-state index is 13.8. The highest BCUT2D eigenvalue weighted by molar-refractivity contribution is 7.92. The van der Waals surface area contributed by atoms with Gasteiger partial charge in [-0.15, -0.1) is 0 Å². The molecule has 6 nitrogen and oxygen atoms in total. The Morgan fingerprint density at radius 1 is 0.892 bits per heavy atom. The molecule has 9 heteroatoms. The van der Waals surface area contributed by atoms with Gasteiger partial charge in [-0.25, -0.2) is 13.8 Å². The van der Waals surface area contributed by atoms with Gasteiger partial charge in [0.05, 0.1) is 28.9 Å². The first-order chi connectivity index (χ1) is 17.7. The molecule has 0 spiro atoms. The average Bonchev–Trinajstić information content (AvgIpc) is 2.88. The number of sulfonamides is 1. The molecule has 0 aromatic heterocycles. The fraction of sp³-hybridized carbons (Fsp3) is 0.0714. The zero-order chi connectivity index (χ0) is 26.4. The summed E-state index contributed by atoms with van der Waals surface area (Å²) in [7, 11) is -4.04. The SMILES string of the molecule is Cc1ccc(S(=O)(=O)N(Cc2ccc(Cl)cc2)c2ccccc2C(=O)N/N=C\c2cccc(Cl)c2)cc1. The molecule has 1 amide bonds. The van der Waals surface area contributed by atoms with E-state index in [1.165, 1.54) is 10.5 Å². The van der Waals surface area contributed by atoms with Crippen LogP contribution in [0.15, 0.2) is 107 Å². The number of hydrazone groups is 1. The molecule has 0 saturated carbocycles. The number of benzene rings is 4. The minimum Gasteiger partial charge on any atom is -0.267 e. The summed E-state index contributed by atoms with van der Waals surface area (Å²) in [4.78, 5) is 13.3. The molecule has 0 bridgehead atoms. The molecule has 0 fully saturated rings. The highest BCUT2D eigenvalue weighted by atomic mass is 35.5.